The summed E-state index contributed by atoms with van der Waals surface area (Å²) < 4.78 is 13.7. The second-order valence-corrected chi connectivity index (χ2v) is 5.45. The Morgan fingerprint density at radius 3 is 2.78 bits per heavy atom. The molecule has 0 amide bonds. The molecule has 2 unspecified atom stereocenters. The van der Waals surface area contributed by atoms with Crippen LogP contribution in [-0.4, -0.2) is 13.1 Å². The van der Waals surface area contributed by atoms with Crippen LogP contribution in [0, 0.1) is 17.7 Å². The van der Waals surface area contributed by atoms with Crippen molar-refractivity contribution in [2.45, 2.75) is 39.0 Å². The van der Waals surface area contributed by atoms with E-state index in [1.165, 1.54) is 25.7 Å². The normalized spacial score (nSPS) is 23.4. The summed E-state index contributed by atoms with van der Waals surface area (Å²) in [6, 6.07) is 7.23. The van der Waals surface area contributed by atoms with E-state index in [0.29, 0.717) is 5.92 Å². The van der Waals surface area contributed by atoms with Gasteiger partial charge in [0.15, 0.2) is 0 Å². The molecule has 0 heterocycles. The number of hydrogen-bond donors (Lipinski definition) is 1. The highest BCUT2D eigenvalue weighted by atomic mass is 19.1. The van der Waals surface area contributed by atoms with E-state index in [0.717, 1.165) is 31.0 Å². The van der Waals surface area contributed by atoms with Gasteiger partial charge < -0.3 is 5.32 Å². The van der Waals surface area contributed by atoms with Gasteiger partial charge in [-0.05, 0) is 62.2 Å². The zero-order valence-electron chi connectivity index (χ0n) is 11.3. The SMILES string of the molecule is CCCNCC1CCCC1Cc1ccccc1F. The number of rotatable bonds is 6. The molecule has 18 heavy (non-hydrogen) atoms. The predicted octanol–water partition coefficient (Wildman–Crippen LogP) is 3.78. The molecule has 100 valence electrons. The van der Waals surface area contributed by atoms with Crippen LogP contribution in [-0.2, 0) is 6.42 Å². The fraction of sp³-hybridized carbons (Fsp3) is 0.625. The van der Waals surface area contributed by atoms with E-state index >= 15 is 0 Å². The molecular weight excluding hydrogens is 225 g/mol. The summed E-state index contributed by atoms with van der Waals surface area (Å²) in [6.07, 6.45) is 5.95. The van der Waals surface area contributed by atoms with Crippen molar-refractivity contribution in [2.75, 3.05) is 13.1 Å². The minimum absolute atomic E-state index is 0.0373. The van der Waals surface area contributed by atoms with Gasteiger partial charge in [-0.1, -0.05) is 31.5 Å². The summed E-state index contributed by atoms with van der Waals surface area (Å²) in [6.45, 7) is 4.40. The lowest BCUT2D eigenvalue weighted by Crippen LogP contribution is -2.26. The molecule has 0 radical (unpaired) electrons. The second-order valence-electron chi connectivity index (χ2n) is 5.45. The van der Waals surface area contributed by atoms with Gasteiger partial charge in [0.25, 0.3) is 0 Å². The van der Waals surface area contributed by atoms with E-state index < -0.39 is 0 Å². The molecule has 0 bridgehead atoms. The lowest BCUT2D eigenvalue weighted by atomic mass is 9.89. The molecule has 1 fully saturated rings. The van der Waals surface area contributed by atoms with E-state index in [4.69, 9.17) is 0 Å². The molecule has 1 nitrogen and oxygen atoms in total. The van der Waals surface area contributed by atoms with Gasteiger partial charge >= 0.3 is 0 Å². The van der Waals surface area contributed by atoms with Gasteiger partial charge in [0.05, 0.1) is 0 Å². The zero-order chi connectivity index (χ0) is 12.8. The Morgan fingerprint density at radius 1 is 1.22 bits per heavy atom. The van der Waals surface area contributed by atoms with Crippen molar-refractivity contribution in [3.63, 3.8) is 0 Å². The van der Waals surface area contributed by atoms with Crippen molar-refractivity contribution < 1.29 is 4.39 Å². The van der Waals surface area contributed by atoms with Crippen molar-refractivity contribution >= 4 is 0 Å². The van der Waals surface area contributed by atoms with Crippen molar-refractivity contribution in [3.8, 4) is 0 Å². The first kappa shape index (κ1) is 13.5. The lowest BCUT2D eigenvalue weighted by molar-refractivity contribution is 0.361. The van der Waals surface area contributed by atoms with E-state index in [9.17, 15) is 4.39 Å². The van der Waals surface area contributed by atoms with Crippen LogP contribution in [0.25, 0.3) is 0 Å². The predicted molar refractivity (Wildman–Crippen MR) is 74.1 cm³/mol. The lowest BCUT2D eigenvalue weighted by Gasteiger charge is -2.20. The summed E-state index contributed by atoms with van der Waals surface area (Å²) in [5, 5.41) is 3.51. The Bertz CT molecular complexity index is 364. The van der Waals surface area contributed by atoms with Crippen molar-refractivity contribution in [1.82, 2.24) is 5.32 Å². The van der Waals surface area contributed by atoms with Gasteiger partial charge in [-0.25, -0.2) is 4.39 Å². The third-order valence-electron chi connectivity index (χ3n) is 4.09. The first-order valence-electron chi connectivity index (χ1n) is 7.25. The molecule has 2 heteroatoms. The van der Waals surface area contributed by atoms with Crippen molar-refractivity contribution in [2.24, 2.45) is 11.8 Å². The molecule has 0 spiro atoms. The first-order valence-corrected chi connectivity index (χ1v) is 7.25. The molecule has 0 aromatic heterocycles. The molecule has 0 aliphatic heterocycles. The second kappa shape index (κ2) is 6.89. The average Bonchev–Trinajstić information content (AvgIpc) is 2.80. The number of nitrogens with one attached hydrogen (secondary N) is 1. The van der Waals surface area contributed by atoms with E-state index in [1.807, 2.05) is 12.1 Å². The molecule has 2 atom stereocenters. The maximum atomic E-state index is 13.7. The van der Waals surface area contributed by atoms with Crippen molar-refractivity contribution in [3.05, 3.63) is 35.6 Å². The highest BCUT2D eigenvalue weighted by Gasteiger charge is 2.27. The molecule has 1 aliphatic rings. The van der Waals surface area contributed by atoms with Gasteiger partial charge in [0, 0.05) is 0 Å². The summed E-state index contributed by atoms with van der Waals surface area (Å²) in [5.74, 6) is 1.35. The molecule has 0 saturated heterocycles. The van der Waals surface area contributed by atoms with Gasteiger partial charge in [0.2, 0.25) is 0 Å². The highest BCUT2D eigenvalue weighted by Crippen LogP contribution is 2.34. The van der Waals surface area contributed by atoms with Gasteiger partial charge in [0.1, 0.15) is 5.82 Å². The summed E-state index contributed by atoms with van der Waals surface area (Å²) in [4.78, 5) is 0. The Balaban J connectivity index is 1.89. The van der Waals surface area contributed by atoms with Gasteiger partial charge in [-0.3, -0.25) is 0 Å². The Labute approximate surface area is 110 Å². The van der Waals surface area contributed by atoms with E-state index in [-0.39, 0.29) is 5.82 Å². The number of hydrogen-bond acceptors (Lipinski definition) is 1. The third-order valence-corrected chi connectivity index (χ3v) is 4.09. The minimum atomic E-state index is -0.0373. The Kier molecular flexibility index (Phi) is 5.18. The largest absolute Gasteiger partial charge is 0.316 e. The van der Waals surface area contributed by atoms with Crippen LogP contribution >= 0.6 is 0 Å². The fourth-order valence-corrected chi connectivity index (χ4v) is 3.06. The topological polar surface area (TPSA) is 12.0 Å². The maximum Gasteiger partial charge on any atom is 0.126 e. The fourth-order valence-electron chi connectivity index (χ4n) is 3.06. The number of halogens is 1. The molecule has 1 N–H and O–H groups in total. The van der Waals surface area contributed by atoms with Crippen LogP contribution in [0.3, 0.4) is 0 Å². The molecular formula is C16H24FN. The van der Waals surface area contributed by atoms with Gasteiger partial charge in [-0.2, -0.15) is 0 Å². The summed E-state index contributed by atoms with van der Waals surface area (Å²) in [5.41, 5.74) is 0.893. The zero-order valence-corrected chi connectivity index (χ0v) is 11.3. The minimum Gasteiger partial charge on any atom is -0.316 e. The van der Waals surface area contributed by atoms with Crippen LogP contribution in [0.5, 0.6) is 0 Å². The van der Waals surface area contributed by atoms with Crippen LogP contribution in [0.4, 0.5) is 4.39 Å². The van der Waals surface area contributed by atoms with E-state index in [2.05, 4.69) is 12.2 Å². The summed E-state index contributed by atoms with van der Waals surface area (Å²) in [7, 11) is 0. The van der Waals surface area contributed by atoms with Crippen LogP contribution in [0.15, 0.2) is 24.3 Å². The van der Waals surface area contributed by atoms with Crippen LogP contribution < -0.4 is 5.32 Å². The third kappa shape index (κ3) is 3.55. The van der Waals surface area contributed by atoms with Gasteiger partial charge in [-0.15, -0.1) is 0 Å². The highest BCUT2D eigenvalue weighted by molar-refractivity contribution is 5.18. The van der Waals surface area contributed by atoms with Crippen LogP contribution in [0.1, 0.15) is 38.2 Å². The molecule has 1 saturated carbocycles. The van der Waals surface area contributed by atoms with Crippen LogP contribution in [0.2, 0.25) is 0 Å². The first-order chi connectivity index (χ1) is 8.81. The smallest absolute Gasteiger partial charge is 0.126 e. The maximum absolute atomic E-state index is 13.7. The van der Waals surface area contributed by atoms with E-state index in [1.54, 1.807) is 12.1 Å². The Hall–Kier alpha value is -0.890. The quantitative estimate of drug-likeness (QED) is 0.756. The Morgan fingerprint density at radius 2 is 2.00 bits per heavy atom. The molecule has 1 aliphatic carbocycles. The summed E-state index contributed by atoms with van der Waals surface area (Å²) >= 11 is 0. The monoisotopic (exact) mass is 249 g/mol. The molecule has 1 aromatic carbocycles. The number of benzene rings is 1. The average molecular weight is 249 g/mol. The molecule has 1 aromatic rings. The van der Waals surface area contributed by atoms with Crippen molar-refractivity contribution in [1.29, 1.82) is 0 Å². The standard InChI is InChI=1S/C16H24FN/c1-2-10-18-12-15-8-5-7-13(15)11-14-6-3-4-9-16(14)17/h3-4,6,9,13,15,18H,2,5,7-8,10-12H2,1H3. The molecule has 2 rings (SSSR count).